The molecule has 0 saturated heterocycles. The summed E-state index contributed by atoms with van der Waals surface area (Å²) in [7, 11) is 0.544. The van der Waals surface area contributed by atoms with Crippen LogP contribution in [0.3, 0.4) is 0 Å². The minimum Gasteiger partial charge on any atom is -0.601 e. The third-order valence-corrected chi connectivity index (χ3v) is 2.55. The zero-order valence-corrected chi connectivity index (χ0v) is 6.01. The van der Waals surface area contributed by atoms with E-state index in [1.807, 2.05) is 13.2 Å². The van der Waals surface area contributed by atoms with Gasteiger partial charge in [-0.05, 0) is 13.0 Å². The molecule has 0 heterocycles. The summed E-state index contributed by atoms with van der Waals surface area (Å²) < 4.78 is 10.4. The molecule has 0 N–H and O–H groups in total. The lowest BCUT2D eigenvalue weighted by Gasteiger charge is -1.94. The molecule has 7 heavy (non-hydrogen) atoms. The van der Waals surface area contributed by atoms with Gasteiger partial charge in [-0.15, -0.1) is 0 Å². The van der Waals surface area contributed by atoms with E-state index in [2.05, 4.69) is 0 Å². The summed E-state index contributed by atoms with van der Waals surface area (Å²) in [5.41, 5.74) is 0. The maximum atomic E-state index is 10.4. The highest BCUT2D eigenvalue weighted by atomic mass is 33.1. The number of rotatable bonds is 2. The minimum absolute atomic E-state index is 0.791. The van der Waals surface area contributed by atoms with Crippen LogP contribution in [0, 0.1) is 0 Å². The quantitative estimate of drug-likeness (QED) is 0.424. The molecule has 1 nitrogen and oxygen atoms in total. The van der Waals surface area contributed by atoms with Gasteiger partial charge in [0.25, 0.3) is 0 Å². The zero-order valence-electron chi connectivity index (χ0n) is 4.38. The van der Waals surface area contributed by atoms with Crippen molar-refractivity contribution in [2.45, 2.75) is 6.92 Å². The molecule has 0 aliphatic rings. The maximum Gasteiger partial charge on any atom is 0.126 e. The Balaban J connectivity index is 3.16. The SMILES string of the molecule is C/C=C/[S+]([O-])SC. The normalized spacial score (nSPS) is 15.3. The predicted octanol–water partition coefficient (Wildman–Crippen LogP) is 1.55. The highest BCUT2D eigenvalue weighted by Crippen LogP contribution is 2.07. The summed E-state index contributed by atoms with van der Waals surface area (Å²) in [5, 5.41) is 1.66. The number of allylic oxidation sites excluding steroid dienone is 1. The van der Waals surface area contributed by atoms with E-state index in [1.54, 1.807) is 11.5 Å². The Morgan fingerprint density at radius 1 is 1.71 bits per heavy atom. The standard InChI is InChI=1S/C4H8OS2/c1-3-4-7(5)6-2/h3-4H,1-2H3/b4-3+. The van der Waals surface area contributed by atoms with E-state index in [9.17, 15) is 4.55 Å². The van der Waals surface area contributed by atoms with Crippen LogP contribution in [0.1, 0.15) is 6.92 Å². The summed E-state index contributed by atoms with van der Waals surface area (Å²) in [5.74, 6) is 0. The van der Waals surface area contributed by atoms with Crippen LogP contribution in [0.2, 0.25) is 0 Å². The molecule has 0 aromatic rings. The molecule has 0 rings (SSSR count). The summed E-state index contributed by atoms with van der Waals surface area (Å²) >= 11 is 0. The monoisotopic (exact) mass is 136 g/mol. The van der Waals surface area contributed by atoms with Crippen LogP contribution >= 0.6 is 10.8 Å². The lowest BCUT2D eigenvalue weighted by atomic mass is 10.8. The fraction of sp³-hybridized carbons (Fsp3) is 0.500. The van der Waals surface area contributed by atoms with Gasteiger partial charge in [-0.3, -0.25) is 0 Å². The van der Waals surface area contributed by atoms with Gasteiger partial charge in [-0.2, -0.15) is 0 Å². The number of hydrogen-bond donors (Lipinski definition) is 0. The topological polar surface area (TPSA) is 23.1 Å². The van der Waals surface area contributed by atoms with E-state index in [0.29, 0.717) is 0 Å². The lowest BCUT2D eigenvalue weighted by molar-refractivity contribution is 0.617. The van der Waals surface area contributed by atoms with Crippen LogP contribution in [0.4, 0.5) is 0 Å². The van der Waals surface area contributed by atoms with Gasteiger partial charge in [-0.1, -0.05) is 0 Å². The largest absolute Gasteiger partial charge is 0.601 e. The third-order valence-electron chi connectivity index (χ3n) is 0.411. The molecule has 3 heteroatoms. The molecule has 0 aromatic carbocycles. The second kappa shape index (κ2) is 4.56. The molecule has 0 bridgehead atoms. The Hall–Kier alpha value is 0.400. The summed E-state index contributed by atoms with van der Waals surface area (Å²) in [6.45, 7) is 1.86. The van der Waals surface area contributed by atoms with Crippen LogP contribution in [-0.4, -0.2) is 10.8 Å². The van der Waals surface area contributed by atoms with Gasteiger partial charge >= 0.3 is 0 Å². The van der Waals surface area contributed by atoms with Crippen LogP contribution in [0.25, 0.3) is 0 Å². The van der Waals surface area contributed by atoms with Crippen LogP contribution in [0.15, 0.2) is 11.5 Å². The fourth-order valence-electron chi connectivity index (χ4n) is 0.167. The van der Waals surface area contributed by atoms with E-state index in [4.69, 9.17) is 0 Å². The molecule has 0 saturated carbocycles. The Labute approximate surface area is 50.8 Å². The predicted molar refractivity (Wildman–Crippen MR) is 36.5 cm³/mol. The summed E-state index contributed by atoms with van der Waals surface area (Å²) in [4.78, 5) is 0. The zero-order chi connectivity index (χ0) is 5.70. The Kier molecular flexibility index (Phi) is 4.82. The minimum atomic E-state index is -0.791. The average molecular weight is 136 g/mol. The first-order valence-electron chi connectivity index (χ1n) is 1.89. The van der Waals surface area contributed by atoms with Gasteiger partial charge < -0.3 is 4.55 Å². The van der Waals surface area contributed by atoms with Crippen molar-refractivity contribution in [3.63, 3.8) is 0 Å². The molecular weight excluding hydrogens is 128 g/mol. The molecule has 1 atom stereocenters. The molecule has 0 aromatic heterocycles. The Bertz CT molecular complexity index is 62.7. The van der Waals surface area contributed by atoms with Crippen molar-refractivity contribution in [3.8, 4) is 0 Å². The molecule has 0 spiro atoms. The van der Waals surface area contributed by atoms with Crippen LogP contribution in [0.5, 0.6) is 0 Å². The van der Waals surface area contributed by atoms with Gasteiger partial charge in [0.2, 0.25) is 0 Å². The first kappa shape index (κ1) is 7.40. The molecule has 0 aliphatic heterocycles. The van der Waals surface area contributed by atoms with E-state index >= 15 is 0 Å². The second-order valence-corrected chi connectivity index (χ2v) is 4.01. The van der Waals surface area contributed by atoms with Crippen molar-refractivity contribution in [2.24, 2.45) is 0 Å². The van der Waals surface area contributed by atoms with Crippen molar-refractivity contribution in [1.29, 1.82) is 0 Å². The van der Waals surface area contributed by atoms with Crippen molar-refractivity contribution in [1.82, 2.24) is 0 Å². The second-order valence-electron chi connectivity index (χ2n) is 0.897. The summed E-state index contributed by atoms with van der Waals surface area (Å²) in [6, 6.07) is 0. The van der Waals surface area contributed by atoms with E-state index < -0.39 is 10.2 Å². The Morgan fingerprint density at radius 2 is 2.29 bits per heavy atom. The summed E-state index contributed by atoms with van der Waals surface area (Å²) in [6.07, 6.45) is 3.60. The first-order chi connectivity index (χ1) is 3.31. The van der Waals surface area contributed by atoms with Gasteiger partial charge in [0.15, 0.2) is 0 Å². The molecule has 1 unspecified atom stereocenters. The third kappa shape index (κ3) is 4.25. The smallest absolute Gasteiger partial charge is 0.126 e. The molecule has 0 aliphatic carbocycles. The van der Waals surface area contributed by atoms with Gasteiger partial charge in [0.1, 0.15) is 5.41 Å². The Morgan fingerprint density at radius 3 is 2.43 bits per heavy atom. The molecular formula is C4H8OS2. The number of hydrogen-bond acceptors (Lipinski definition) is 2. The highest BCUT2D eigenvalue weighted by Gasteiger charge is 1.92. The van der Waals surface area contributed by atoms with Crippen molar-refractivity contribution < 1.29 is 4.55 Å². The fourth-order valence-corrected chi connectivity index (χ4v) is 1.17. The lowest BCUT2D eigenvalue weighted by Crippen LogP contribution is -1.82. The molecule has 0 radical (unpaired) electrons. The van der Waals surface area contributed by atoms with E-state index in [1.165, 1.54) is 10.8 Å². The average Bonchev–Trinajstić information content (AvgIpc) is 1.68. The van der Waals surface area contributed by atoms with Gasteiger partial charge in [-0.25, -0.2) is 0 Å². The maximum absolute atomic E-state index is 10.4. The molecule has 0 amide bonds. The van der Waals surface area contributed by atoms with Gasteiger partial charge in [0.05, 0.1) is 21.0 Å². The highest BCUT2D eigenvalue weighted by molar-refractivity contribution is 8.72. The van der Waals surface area contributed by atoms with Crippen LogP contribution < -0.4 is 0 Å². The van der Waals surface area contributed by atoms with Gasteiger partial charge in [0, 0.05) is 6.26 Å². The van der Waals surface area contributed by atoms with E-state index in [-0.39, 0.29) is 0 Å². The first-order valence-corrected chi connectivity index (χ1v) is 4.84. The van der Waals surface area contributed by atoms with E-state index in [0.717, 1.165) is 0 Å². The van der Waals surface area contributed by atoms with Crippen molar-refractivity contribution in [2.75, 3.05) is 6.26 Å². The molecule has 42 valence electrons. The molecule has 0 fully saturated rings. The van der Waals surface area contributed by atoms with Crippen molar-refractivity contribution in [3.05, 3.63) is 11.5 Å². The van der Waals surface area contributed by atoms with Crippen LogP contribution in [-0.2, 0) is 10.2 Å². The van der Waals surface area contributed by atoms with Crippen molar-refractivity contribution >= 4 is 21.0 Å².